The van der Waals surface area contributed by atoms with E-state index in [1.165, 1.54) is 28.4 Å². The van der Waals surface area contributed by atoms with Crippen LogP contribution < -0.4 is 5.32 Å². The molecule has 2 N–H and O–H groups in total. The van der Waals surface area contributed by atoms with Gasteiger partial charge >= 0.3 is 5.97 Å². The molecule has 3 aromatic rings. The lowest BCUT2D eigenvalue weighted by Crippen LogP contribution is -2.70. The number of carbonyl (C=O) groups excluding carboxylic acids is 2. The third-order valence-electron chi connectivity index (χ3n) is 5.56. The summed E-state index contributed by atoms with van der Waals surface area (Å²) in [5, 5.41) is 12.2. The summed E-state index contributed by atoms with van der Waals surface area (Å²) in [6.07, 6.45) is 1.78. The molecule has 1 aromatic heterocycles. The average molecular weight is 493 g/mol. The number of fused-ring (bicyclic) bond motifs is 1. The Kier molecular flexibility index (Phi) is 6.21. The minimum atomic E-state index is -1.15. The minimum Gasteiger partial charge on any atom is -0.477 e. The van der Waals surface area contributed by atoms with Crippen LogP contribution in [0.25, 0.3) is 11.3 Å². The van der Waals surface area contributed by atoms with Crippen LogP contribution in [-0.2, 0) is 20.8 Å². The molecular weight excluding hydrogens is 472 g/mol. The molecule has 0 aliphatic carbocycles. The Morgan fingerprint density at radius 2 is 1.85 bits per heavy atom. The van der Waals surface area contributed by atoms with Gasteiger partial charge in [-0.25, -0.2) is 4.79 Å². The van der Waals surface area contributed by atoms with Gasteiger partial charge in [0, 0.05) is 21.1 Å². The van der Waals surface area contributed by atoms with Gasteiger partial charge in [-0.2, -0.15) is 0 Å². The van der Waals surface area contributed by atoms with Crippen molar-refractivity contribution in [2.24, 2.45) is 0 Å². The van der Waals surface area contributed by atoms with Crippen molar-refractivity contribution in [1.29, 1.82) is 0 Å². The number of hydrogen-bond acceptors (Lipinski definition) is 6. The second-order valence-electron chi connectivity index (χ2n) is 7.80. The van der Waals surface area contributed by atoms with Crippen LogP contribution >= 0.6 is 23.5 Å². The van der Waals surface area contributed by atoms with Gasteiger partial charge in [0.25, 0.3) is 5.91 Å². The van der Waals surface area contributed by atoms with E-state index in [1.807, 2.05) is 66.7 Å². The molecule has 9 heteroatoms. The summed E-state index contributed by atoms with van der Waals surface area (Å²) in [5.41, 5.74) is 1.76. The normalized spacial score (nSPS) is 19.4. The Morgan fingerprint density at radius 1 is 1.09 bits per heavy atom. The fourth-order valence-corrected chi connectivity index (χ4v) is 6.42. The number of carboxylic acid groups (broad SMARTS) is 1. The molecular formula is C25H20N2O5S2. The second-order valence-corrected chi connectivity index (χ2v) is 10.1. The zero-order chi connectivity index (χ0) is 23.7. The molecule has 0 saturated carbocycles. The number of benzene rings is 2. The van der Waals surface area contributed by atoms with Gasteiger partial charge in [0.15, 0.2) is 0 Å². The smallest absolute Gasteiger partial charge is 0.353 e. The van der Waals surface area contributed by atoms with E-state index in [1.54, 1.807) is 6.26 Å². The standard InChI is InChI=1S/C25H20N2O5S2/c28-20(13-15-5-2-1-3-6-15)26-21-23(29)27-22(25(30)31)19(14-33-24(21)27)34-17-10-8-16(9-11-17)18-7-4-12-32-18/h1-12,21,24H,13-14H2,(H,26,28)(H,30,31)/t21-,24-/m1/s1. The van der Waals surface area contributed by atoms with E-state index in [0.717, 1.165) is 21.8 Å². The van der Waals surface area contributed by atoms with Crippen LogP contribution in [0.4, 0.5) is 0 Å². The van der Waals surface area contributed by atoms with Crippen LogP contribution in [-0.4, -0.2) is 45.0 Å². The number of hydrogen-bond donors (Lipinski definition) is 2. The van der Waals surface area contributed by atoms with Crippen molar-refractivity contribution in [2.45, 2.75) is 22.7 Å². The molecule has 2 amide bonds. The molecule has 1 fully saturated rings. The first-order chi connectivity index (χ1) is 16.5. The first kappa shape index (κ1) is 22.4. The molecule has 2 aliphatic rings. The number of aliphatic carboxylic acids is 1. The highest BCUT2D eigenvalue weighted by molar-refractivity contribution is 8.06. The predicted octanol–water partition coefficient (Wildman–Crippen LogP) is 3.98. The molecule has 3 heterocycles. The average Bonchev–Trinajstić information content (AvgIpc) is 3.38. The summed E-state index contributed by atoms with van der Waals surface area (Å²) >= 11 is 2.79. The van der Waals surface area contributed by atoms with Gasteiger partial charge < -0.3 is 14.8 Å². The highest BCUT2D eigenvalue weighted by atomic mass is 32.2. The predicted molar refractivity (Wildman–Crippen MR) is 130 cm³/mol. The SMILES string of the molecule is O=C(Cc1ccccc1)N[C@@H]1C(=O)N2C(C(=O)O)=C(Sc3ccc(-c4ccco4)cc3)CS[C@H]12. The van der Waals surface area contributed by atoms with Gasteiger partial charge in [-0.1, -0.05) is 54.2 Å². The maximum Gasteiger partial charge on any atom is 0.353 e. The summed E-state index contributed by atoms with van der Waals surface area (Å²) in [6, 6.07) is 19.8. The third kappa shape index (κ3) is 4.36. The van der Waals surface area contributed by atoms with Crippen LogP contribution in [0.5, 0.6) is 0 Å². The summed E-state index contributed by atoms with van der Waals surface area (Å²) < 4.78 is 5.40. The Bertz CT molecular complexity index is 1260. The third-order valence-corrected chi connectivity index (χ3v) is 8.12. The molecule has 0 unspecified atom stereocenters. The molecule has 0 radical (unpaired) electrons. The highest BCUT2D eigenvalue weighted by Crippen LogP contribution is 2.45. The Morgan fingerprint density at radius 3 is 2.53 bits per heavy atom. The molecule has 2 aliphatic heterocycles. The van der Waals surface area contributed by atoms with Gasteiger partial charge in [0.1, 0.15) is 22.9 Å². The van der Waals surface area contributed by atoms with E-state index < -0.39 is 23.3 Å². The maximum atomic E-state index is 12.9. The van der Waals surface area contributed by atoms with Gasteiger partial charge in [-0.15, -0.1) is 11.8 Å². The van der Waals surface area contributed by atoms with Gasteiger partial charge in [-0.05, 0) is 29.8 Å². The van der Waals surface area contributed by atoms with Crippen molar-refractivity contribution in [3.63, 3.8) is 0 Å². The summed E-state index contributed by atoms with van der Waals surface area (Å²) in [6.45, 7) is 0. The summed E-state index contributed by atoms with van der Waals surface area (Å²) in [7, 11) is 0. The number of β-lactam (4-membered cyclic amide) rings is 1. The Hall–Kier alpha value is -3.43. The first-order valence-corrected chi connectivity index (χ1v) is 12.4. The molecule has 1 saturated heterocycles. The topological polar surface area (TPSA) is 99.9 Å². The second kappa shape index (κ2) is 9.44. The van der Waals surface area contributed by atoms with Gasteiger partial charge in [0.05, 0.1) is 12.7 Å². The molecule has 2 aromatic carbocycles. The number of carbonyl (C=O) groups is 3. The minimum absolute atomic E-state index is 0.0116. The quantitative estimate of drug-likeness (QED) is 0.481. The number of nitrogens with one attached hydrogen (secondary N) is 1. The van der Waals surface area contributed by atoms with E-state index in [2.05, 4.69) is 5.32 Å². The van der Waals surface area contributed by atoms with Crippen molar-refractivity contribution in [3.8, 4) is 11.3 Å². The first-order valence-electron chi connectivity index (χ1n) is 10.6. The fourth-order valence-electron chi connectivity index (χ4n) is 3.95. The number of rotatable bonds is 7. The van der Waals surface area contributed by atoms with Crippen LogP contribution in [0.3, 0.4) is 0 Å². The van der Waals surface area contributed by atoms with Crippen molar-refractivity contribution >= 4 is 41.3 Å². The van der Waals surface area contributed by atoms with E-state index in [9.17, 15) is 19.5 Å². The van der Waals surface area contributed by atoms with E-state index in [4.69, 9.17) is 4.42 Å². The van der Waals surface area contributed by atoms with Crippen molar-refractivity contribution in [2.75, 3.05) is 5.75 Å². The lowest BCUT2D eigenvalue weighted by atomic mass is 10.0. The summed E-state index contributed by atoms with van der Waals surface area (Å²) in [4.78, 5) is 40.1. The van der Waals surface area contributed by atoms with Gasteiger partial charge in [0.2, 0.25) is 5.91 Å². The molecule has 0 bridgehead atoms. The monoisotopic (exact) mass is 492 g/mol. The number of nitrogens with zero attached hydrogens (tertiary/aromatic N) is 1. The highest BCUT2D eigenvalue weighted by Gasteiger charge is 2.54. The number of carboxylic acids is 1. The van der Waals surface area contributed by atoms with Crippen molar-refractivity contribution < 1.29 is 23.9 Å². The molecule has 7 nitrogen and oxygen atoms in total. The molecule has 0 spiro atoms. The van der Waals surface area contributed by atoms with Crippen LogP contribution in [0, 0.1) is 0 Å². The molecule has 34 heavy (non-hydrogen) atoms. The van der Waals surface area contributed by atoms with Crippen LogP contribution in [0.2, 0.25) is 0 Å². The van der Waals surface area contributed by atoms with Gasteiger partial charge in [-0.3, -0.25) is 14.5 Å². The molecule has 172 valence electrons. The number of thioether (sulfide) groups is 2. The Balaban J connectivity index is 1.29. The largest absolute Gasteiger partial charge is 0.477 e. The number of amides is 2. The van der Waals surface area contributed by atoms with Crippen LogP contribution in [0.15, 0.2) is 92.9 Å². The maximum absolute atomic E-state index is 12.9. The lowest BCUT2D eigenvalue weighted by Gasteiger charge is -2.49. The zero-order valence-corrected chi connectivity index (χ0v) is 19.5. The van der Waals surface area contributed by atoms with Crippen LogP contribution in [0.1, 0.15) is 5.56 Å². The van der Waals surface area contributed by atoms with E-state index >= 15 is 0 Å². The number of furan rings is 1. The molecule has 2 atom stereocenters. The fraction of sp³-hybridized carbons (Fsp3) is 0.160. The summed E-state index contributed by atoms with van der Waals surface area (Å²) in [5.74, 6) is -0.622. The molecule has 5 rings (SSSR count). The Labute approximate surface area is 204 Å². The van der Waals surface area contributed by atoms with E-state index in [-0.39, 0.29) is 18.0 Å². The van der Waals surface area contributed by atoms with Crippen molar-refractivity contribution in [1.82, 2.24) is 10.2 Å². The lowest BCUT2D eigenvalue weighted by molar-refractivity contribution is -0.150. The zero-order valence-electron chi connectivity index (χ0n) is 17.8. The van der Waals surface area contributed by atoms with E-state index in [0.29, 0.717) is 10.7 Å². The van der Waals surface area contributed by atoms with Crippen molar-refractivity contribution in [3.05, 3.63) is 89.2 Å².